The molecule has 0 spiro atoms. The van der Waals surface area contributed by atoms with Gasteiger partial charge in [0.05, 0.1) is 38.7 Å². The summed E-state index contributed by atoms with van der Waals surface area (Å²) >= 11 is 0. The Balaban J connectivity index is 1.47. The fourth-order valence-corrected chi connectivity index (χ4v) is 10.0. The van der Waals surface area contributed by atoms with Gasteiger partial charge in [-0.2, -0.15) is 5.06 Å². The zero-order valence-corrected chi connectivity index (χ0v) is 36.4. The van der Waals surface area contributed by atoms with Crippen molar-refractivity contribution >= 4 is 27.5 Å². The molecule has 2 aromatic rings. The Morgan fingerprint density at radius 3 is 2.44 bits per heavy atom. The number of carbonyl (C=O) groups excluding carboxylic acids is 2. The zero-order valence-electron chi connectivity index (χ0n) is 35.6. The van der Waals surface area contributed by atoms with E-state index in [0.29, 0.717) is 28.7 Å². The summed E-state index contributed by atoms with van der Waals surface area (Å²) in [5.41, 5.74) is 2.16. The van der Waals surface area contributed by atoms with Gasteiger partial charge >= 0.3 is 0 Å². The molecule has 2 amide bonds. The lowest BCUT2D eigenvalue weighted by molar-refractivity contribution is -0.183. The van der Waals surface area contributed by atoms with E-state index in [1.165, 1.54) is 18.2 Å². The first kappa shape index (κ1) is 46.0. The van der Waals surface area contributed by atoms with E-state index in [1.807, 2.05) is 25.1 Å². The molecular weight excluding hydrogens is 778 g/mol. The van der Waals surface area contributed by atoms with Crippen molar-refractivity contribution in [2.45, 2.75) is 90.4 Å². The molecule has 0 aromatic heterocycles. The SMILES string of the molecule is C=C/C=C\C=C\[C@H](NS(C)(=O)=O)[C@@H](C)NC(=O)c1cc(-c2ccc(F)c(CN3O[C@@H](CO)[C@@H]([C@H](C)O)[C@H]3C(=O)N[C@H]3C[C@H]4C[C@@H]([C@@H]3C)C4(C)C)c2OC)cc(N(C)C)c1. The Hall–Kier alpha value is -4.12. The van der Waals surface area contributed by atoms with Gasteiger partial charge in [-0.3, -0.25) is 14.4 Å². The minimum Gasteiger partial charge on any atom is -0.496 e. The van der Waals surface area contributed by atoms with Crippen LogP contribution in [0.2, 0.25) is 0 Å². The number of carbonyl (C=O) groups is 2. The highest BCUT2D eigenvalue weighted by Crippen LogP contribution is 2.61. The third-order valence-corrected chi connectivity index (χ3v) is 13.4. The second-order valence-electron chi connectivity index (χ2n) is 17.2. The molecule has 1 heterocycles. The van der Waals surface area contributed by atoms with Crippen LogP contribution >= 0.6 is 0 Å². The summed E-state index contributed by atoms with van der Waals surface area (Å²) in [6.45, 7) is 12.9. The minimum absolute atomic E-state index is 0.0709. The van der Waals surface area contributed by atoms with E-state index in [0.717, 1.165) is 19.1 Å². The van der Waals surface area contributed by atoms with Crippen molar-refractivity contribution in [1.29, 1.82) is 0 Å². The summed E-state index contributed by atoms with van der Waals surface area (Å²) < 4.78 is 48.9. The van der Waals surface area contributed by atoms with Gasteiger partial charge in [0.1, 0.15) is 23.7 Å². The summed E-state index contributed by atoms with van der Waals surface area (Å²) in [4.78, 5) is 36.1. The Morgan fingerprint density at radius 2 is 1.86 bits per heavy atom. The third-order valence-electron chi connectivity index (χ3n) is 12.7. The molecule has 59 heavy (non-hydrogen) atoms. The predicted molar refractivity (Wildman–Crippen MR) is 227 cm³/mol. The monoisotopic (exact) mass is 839 g/mol. The molecule has 5 N–H and O–H groups in total. The number of hydrogen-bond acceptors (Lipinski definition) is 10. The van der Waals surface area contributed by atoms with Crippen LogP contribution in [-0.2, 0) is 26.2 Å². The highest BCUT2D eigenvalue weighted by Gasteiger charge is 2.57. The van der Waals surface area contributed by atoms with Crippen molar-refractivity contribution in [3.63, 3.8) is 0 Å². The standard InChI is InChI=1S/C44H62FN5O8S/c1-11-12-13-14-15-36(48-59(10,55)56)26(3)46-42(53)29-18-28(19-31(20-29)49(7)8)32-16-17-35(45)33(41(32)57-9)23-50-40(39(27(4)52)38(24-51)58-50)43(54)47-37-22-30-21-34(25(37)2)44(30,5)6/h11-20,25-27,30,34,36-40,48,51-52H,1,21-24H2,2-10H3,(H,46,53)(H,47,54)/b13-12-,15-14+/t25-,26+,27-,30+,34-,36-,37-,38-,39+,40-/m0/s1. The molecule has 2 bridgehead atoms. The smallest absolute Gasteiger partial charge is 0.251 e. The van der Waals surface area contributed by atoms with Crippen molar-refractivity contribution in [1.82, 2.24) is 20.4 Å². The van der Waals surface area contributed by atoms with Crippen molar-refractivity contribution in [2.24, 2.45) is 29.1 Å². The van der Waals surface area contributed by atoms with E-state index in [9.17, 15) is 28.2 Å². The number of benzene rings is 2. The zero-order chi connectivity index (χ0) is 43.6. The van der Waals surface area contributed by atoms with Crippen LogP contribution in [0.5, 0.6) is 5.75 Å². The number of aliphatic hydroxyl groups excluding tert-OH is 2. The first-order valence-corrected chi connectivity index (χ1v) is 22.1. The van der Waals surface area contributed by atoms with Crippen molar-refractivity contribution < 1.29 is 42.2 Å². The van der Waals surface area contributed by atoms with Crippen LogP contribution in [0.3, 0.4) is 0 Å². The molecule has 6 rings (SSSR count). The molecule has 324 valence electrons. The number of methoxy groups -OCH3 is 1. The van der Waals surface area contributed by atoms with E-state index >= 15 is 4.39 Å². The van der Waals surface area contributed by atoms with Crippen LogP contribution in [0.4, 0.5) is 10.1 Å². The molecule has 1 aliphatic heterocycles. The number of sulfonamides is 1. The Bertz CT molecular complexity index is 2040. The quantitative estimate of drug-likeness (QED) is 0.143. The lowest BCUT2D eigenvalue weighted by Crippen LogP contribution is -2.62. The number of amides is 2. The van der Waals surface area contributed by atoms with Crippen LogP contribution < -0.4 is 25.0 Å². The Morgan fingerprint density at radius 1 is 1.15 bits per heavy atom. The Kier molecular flexibility index (Phi) is 14.5. The van der Waals surface area contributed by atoms with E-state index in [-0.39, 0.29) is 46.7 Å². The van der Waals surface area contributed by atoms with Gasteiger partial charge in [-0.1, -0.05) is 57.7 Å². The molecule has 15 heteroatoms. The maximum absolute atomic E-state index is 16.1. The predicted octanol–water partition coefficient (Wildman–Crippen LogP) is 4.56. The summed E-state index contributed by atoms with van der Waals surface area (Å²) in [7, 11) is 1.39. The number of fused-ring (bicyclic) bond motifs is 2. The molecule has 1 saturated heterocycles. The summed E-state index contributed by atoms with van der Waals surface area (Å²) in [5, 5.41) is 28.8. The molecule has 4 aliphatic rings. The van der Waals surface area contributed by atoms with Gasteiger partial charge in [-0.05, 0) is 85.8 Å². The van der Waals surface area contributed by atoms with Crippen LogP contribution in [-0.4, -0.2) is 106 Å². The first-order valence-electron chi connectivity index (χ1n) is 20.2. The second kappa shape index (κ2) is 18.7. The summed E-state index contributed by atoms with van der Waals surface area (Å²) in [6, 6.07) is 5.40. The number of allylic oxidation sites excluding steroid dienone is 4. The van der Waals surface area contributed by atoms with Gasteiger partial charge in [0.25, 0.3) is 5.91 Å². The van der Waals surface area contributed by atoms with Crippen molar-refractivity contribution in [3.8, 4) is 16.9 Å². The minimum atomic E-state index is -3.64. The van der Waals surface area contributed by atoms with Crippen LogP contribution in [0.15, 0.2) is 67.3 Å². The maximum atomic E-state index is 16.1. The molecule has 2 aromatic carbocycles. The number of nitrogens with zero attached hydrogens (tertiary/aromatic N) is 2. The third kappa shape index (κ3) is 10.1. The Labute approximate surface area is 348 Å². The number of nitrogens with one attached hydrogen (secondary N) is 3. The van der Waals surface area contributed by atoms with E-state index in [1.54, 1.807) is 62.4 Å². The highest BCUT2D eigenvalue weighted by molar-refractivity contribution is 7.88. The average molecular weight is 840 g/mol. The topological polar surface area (TPSA) is 170 Å². The lowest BCUT2D eigenvalue weighted by Gasteiger charge is -2.62. The van der Waals surface area contributed by atoms with Gasteiger partial charge in [-0.15, -0.1) is 0 Å². The van der Waals surface area contributed by atoms with E-state index in [4.69, 9.17) is 9.57 Å². The van der Waals surface area contributed by atoms with Crippen LogP contribution in [0.25, 0.3) is 11.1 Å². The normalized spacial score (nSPS) is 26.9. The van der Waals surface area contributed by atoms with Gasteiger partial charge < -0.3 is 30.5 Å². The fraction of sp³-hybridized carbons (Fsp3) is 0.545. The molecule has 3 saturated carbocycles. The van der Waals surface area contributed by atoms with E-state index < -0.39 is 64.6 Å². The van der Waals surface area contributed by atoms with Gasteiger partial charge in [0.15, 0.2) is 0 Å². The number of aliphatic hydroxyl groups is 2. The number of ether oxygens (including phenoxy) is 1. The molecule has 3 aliphatic carbocycles. The maximum Gasteiger partial charge on any atom is 0.251 e. The van der Waals surface area contributed by atoms with Crippen LogP contribution in [0, 0.1) is 34.9 Å². The van der Waals surface area contributed by atoms with Gasteiger partial charge in [0, 0.05) is 54.5 Å². The number of halogens is 1. The number of hydroxylamine groups is 2. The molecule has 0 radical (unpaired) electrons. The number of anilines is 1. The molecule has 10 atom stereocenters. The molecule has 13 nitrogen and oxygen atoms in total. The lowest BCUT2D eigenvalue weighted by atomic mass is 9.45. The number of hydrogen-bond donors (Lipinski definition) is 5. The molecule has 4 fully saturated rings. The largest absolute Gasteiger partial charge is 0.496 e. The highest BCUT2D eigenvalue weighted by atomic mass is 32.2. The van der Waals surface area contributed by atoms with Gasteiger partial charge in [-0.25, -0.2) is 17.5 Å². The average Bonchev–Trinajstić information content (AvgIpc) is 3.55. The second-order valence-corrected chi connectivity index (χ2v) is 19.0. The fourth-order valence-electron chi connectivity index (χ4n) is 9.27. The van der Waals surface area contributed by atoms with Crippen LogP contribution in [0.1, 0.15) is 63.4 Å². The first-order chi connectivity index (χ1) is 27.7. The summed E-state index contributed by atoms with van der Waals surface area (Å²) in [6.07, 6.45) is 9.30. The molecule has 0 unspecified atom stereocenters. The summed E-state index contributed by atoms with van der Waals surface area (Å²) in [5.74, 6) is -0.937. The van der Waals surface area contributed by atoms with Gasteiger partial charge in [0.2, 0.25) is 15.9 Å². The van der Waals surface area contributed by atoms with Crippen molar-refractivity contribution in [3.05, 3.63) is 84.2 Å². The van der Waals surface area contributed by atoms with Crippen molar-refractivity contribution in [2.75, 3.05) is 39.0 Å². The molecular formula is C44H62FN5O8S. The van der Waals surface area contributed by atoms with E-state index in [2.05, 4.69) is 42.7 Å². The number of rotatable bonds is 17.